The molecule has 1 aromatic carbocycles. The summed E-state index contributed by atoms with van der Waals surface area (Å²) in [6.07, 6.45) is 0. The molecule has 0 spiro atoms. The van der Waals surface area contributed by atoms with Crippen molar-refractivity contribution in [3.8, 4) is 6.07 Å². The van der Waals surface area contributed by atoms with Crippen molar-refractivity contribution in [2.75, 3.05) is 20.1 Å². The lowest BCUT2D eigenvalue weighted by Crippen LogP contribution is -2.19. The predicted octanol–water partition coefficient (Wildman–Crippen LogP) is 1.87. The van der Waals surface area contributed by atoms with Crippen molar-refractivity contribution in [3.63, 3.8) is 0 Å². The summed E-state index contributed by atoms with van der Waals surface area (Å²) in [6.45, 7) is 4.39. The van der Waals surface area contributed by atoms with Crippen molar-refractivity contribution in [3.05, 3.63) is 33.9 Å². The molecule has 1 fully saturated rings. The van der Waals surface area contributed by atoms with Crippen molar-refractivity contribution in [2.45, 2.75) is 19.8 Å². The molecule has 1 aliphatic rings. The molecular weight excluding hydrogens is 284 g/mol. The minimum Gasteiger partial charge on any atom is -0.478 e. The third-order valence-corrected chi connectivity index (χ3v) is 4.32. The van der Waals surface area contributed by atoms with E-state index >= 15 is 0 Å². The maximum atomic E-state index is 11.7. The van der Waals surface area contributed by atoms with Gasteiger partial charge in [-0.2, -0.15) is 5.26 Å². The van der Waals surface area contributed by atoms with Gasteiger partial charge in [-0.05, 0) is 43.7 Å². The van der Waals surface area contributed by atoms with Gasteiger partial charge in [-0.15, -0.1) is 0 Å². The lowest BCUT2D eigenvalue weighted by atomic mass is 9.81. The number of nitriles is 1. The maximum absolute atomic E-state index is 11.7. The molecule has 1 saturated heterocycles. The molecule has 0 radical (unpaired) electrons. The number of carbonyl (C=O) groups is 2. The molecule has 2 N–H and O–H groups in total. The molecule has 116 valence electrons. The first kappa shape index (κ1) is 16.0. The highest BCUT2D eigenvalue weighted by molar-refractivity contribution is 5.98. The average Bonchev–Trinajstić information content (AvgIpc) is 2.80. The zero-order valence-electron chi connectivity index (χ0n) is 12.8. The molecule has 2 rings (SSSR count). The van der Waals surface area contributed by atoms with Crippen LogP contribution in [0.3, 0.4) is 0 Å². The van der Waals surface area contributed by atoms with Gasteiger partial charge in [0.2, 0.25) is 0 Å². The minimum absolute atomic E-state index is 0.00138. The van der Waals surface area contributed by atoms with Crippen molar-refractivity contribution < 1.29 is 19.8 Å². The highest BCUT2D eigenvalue weighted by Gasteiger charge is 2.36. The van der Waals surface area contributed by atoms with Gasteiger partial charge in [-0.1, -0.05) is 0 Å². The Kier molecular flexibility index (Phi) is 4.20. The van der Waals surface area contributed by atoms with Crippen LogP contribution in [0.4, 0.5) is 0 Å². The number of benzene rings is 1. The molecule has 0 amide bonds. The molecule has 1 aliphatic heterocycles. The second-order valence-electron chi connectivity index (χ2n) is 5.83. The van der Waals surface area contributed by atoms with Gasteiger partial charge in [0.05, 0.1) is 23.1 Å². The number of rotatable bonds is 3. The molecule has 1 heterocycles. The van der Waals surface area contributed by atoms with Crippen LogP contribution >= 0.6 is 0 Å². The maximum Gasteiger partial charge on any atom is 0.336 e. The monoisotopic (exact) mass is 302 g/mol. The molecule has 0 unspecified atom stereocenters. The van der Waals surface area contributed by atoms with Gasteiger partial charge in [-0.3, -0.25) is 0 Å². The SMILES string of the molecule is Cc1cc(C(=O)O)c(C)c(C(=O)O)c1[C@@H]1CN(C)C[C@H]1C#N. The van der Waals surface area contributed by atoms with Crippen LogP contribution in [-0.2, 0) is 0 Å². The van der Waals surface area contributed by atoms with Gasteiger partial charge in [0, 0.05) is 19.0 Å². The highest BCUT2D eigenvalue weighted by atomic mass is 16.4. The summed E-state index contributed by atoms with van der Waals surface area (Å²) in [7, 11) is 1.89. The molecule has 0 saturated carbocycles. The van der Waals surface area contributed by atoms with E-state index in [9.17, 15) is 25.1 Å². The number of likely N-dealkylation sites (tertiary alicyclic amines) is 1. The van der Waals surface area contributed by atoms with Gasteiger partial charge < -0.3 is 15.1 Å². The number of carboxylic acids is 2. The van der Waals surface area contributed by atoms with E-state index in [0.29, 0.717) is 24.2 Å². The lowest BCUT2D eigenvalue weighted by Gasteiger charge is -2.21. The predicted molar refractivity (Wildman–Crippen MR) is 79.2 cm³/mol. The Balaban J connectivity index is 2.71. The summed E-state index contributed by atoms with van der Waals surface area (Å²) in [5, 5.41) is 28.1. The molecule has 22 heavy (non-hydrogen) atoms. The Morgan fingerprint density at radius 1 is 1.27 bits per heavy atom. The molecule has 0 aromatic heterocycles. The topological polar surface area (TPSA) is 102 Å². The van der Waals surface area contributed by atoms with E-state index in [1.165, 1.54) is 13.0 Å². The average molecular weight is 302 g/mol. The van der Waals surface area contributed by atoms with Crippen LogP contribution in [0.15, 0.2) is 6.07 Å². The van der Waals surface area contributed by atoms with Gasteiger partial charge in [-0.25, -0.2) is 9.59 Å². The Hall–Kier alpha value is -2.39. The number of aryl methyl sites for hydroxylation is 1. The summed E-state index contributed by atoms with van der Waals surface area (Å²) >= 11 is 0. The Morgan fingerprint density at radius 2 is 1.91 bits per heavy atom. The van der Waals surface area contributed by atoms with E-state index in [2.05, 4.69) is 6.07 Å². The number of hydrogen-bond acceptors (Lipinski definition) is 4. The van der Waals surface area contributed by atoms with E-state index in [0.717, 1.165) is 0 Å². The van der Waals surface area contributed by atoms with Crippen molar-refractivity contribution in [2.24, 2.45) is 5.92 Å². The lowest BCUT2D eigenvalue weighted by molar-refractivity contribution is 0.0694. The van der Waals surface area contributed by atoms with E-state index in [1.807, 2.05) is 11.9 Å². The van der Waals surface area contributed by atoms with Crippen LogP contribution in [0.1, 0.15) is 43.3 Å². The zero-order valence-corrected chi connectivity index (χ0v) is 12.8. The first-order chi connectivity index (χ1) is 10.3. The Bertz CT molecular complexity index is 690. The second-order valence-corrected chi connectivity index (χ2v) is 5.83. The third-order valence-electron chi connectivity index (χ3n) is 4.32. The first-order valence-electron chi connectivity index (χ1n) is 6.96. The van der Waals surface area contributed by atoms with Crippen LogP contribution in [0, 0.1) is 31.1 Å². The summed E-state index contributed by atoms with van der Waals surface area (Å²) < 4.78 is 0. The van der Waals surface area contributed by atoms with Crippen LogP contribution in [0.2, 0.25) is 0 Å². The van der Waals surface area contributed by atoms with Crippen LogP contribution in [0.25, 0.3) is 0 Å². The molecule has 6 heteroatoms. The normalized spacial score (nSPS) is 21.5. The number of likely N-dealkylation sites (N-methyl/N-ethyl adjacent to an activating group) is 1. The van der Waals surface area contributed by atoms with E-state index in [4.69, 9.17) is 0 Å². The zero-order chi connectivity index (χ0) is 16.6. The molecule has 6 nitrogen and oxygen atoms in total. The Labute approximate surface area is 128 Å². The van der Waals surface area contributed by atoms with Crippen LogP contribution in [0.5, 0.6) is 0 Å². The number of nitrogens with zero attached hydrogens (tertiary/aromatic N) is 2. The summed E-state index contributed by atoms with van der Waals surface area (Å²) in [5.74, 6) is -2.81. The van der Waals surface area contributed by atoms with Gasteiger partial charge in [0.25, 0.3) is 0 Å². The standard InChI is InChI=1S/C16H18N2O4/c1-8-4-11(15(19)20)9(2)14(16(21)22)13(8)12-7-18(3)6-10(12)5-17/h4,10,12H,6-7H2,1-3H3,(H,19,20)(H,21,22)/t10-,12-/m1/s1. The van der Waals surface area contributed by atoms with Gasteiger partial charge >= 0.3 is 11.9 Å². The summed E-state index contributed by atoms with van der Waals surface area (Å²) in [6, 6.07) is 3.75. The third kappa shape index (κ3) is 2.55. The smallest absolute Gasteiger partial charge is 0.336 e. The largest absolute Gasteiger partial charge is 0.478 e. The van der Waals surface area contributed by atoms with Crippen molar-refractivity contribution >= 4 is 11.9 Å². The molecule has 0 aliphatic carbocycles. The van der Waals surface area contributed by atoms with Gasteiger partial charge in [0.15, 0.2) is 0 Å². The highest BCUT2D eigenvalue weighted by Crippen LogP contribution is 2.37. The molecule has 2 atom stereocenters. The number of carboxylic acid groups (broad SMARTS) is 2. The van der Waals surface area contributed by atoms with Crippen molar-refractivity contribution in [1.29, 1.82) is 5.26 Å². The van der Waals surface area contributed by atoms with Crippen LogP contribution < -0.4 is 0 Å². The van der Waals surface area contributed by atoms with Crippen molar-refractivity contribution in [1.82, 2.24) is 4.90 Å². The number of aromatic carboxylic acids is 2. The molecular formula is C16H18N2O4. The molecule has 1 aromatic rings. The Morgan fingerprint density at radius 3 is 2.41 bits per heavy atom. The molecule has 0 bridgehead atoms. The second kappa shape index (κ2) is 5.78. The fourth-order valence-corrected chi connectivity index (χ4v) is 3.34. The van der Waals surface area contributed by atoms with E-state index < -0.39 is 11.9 Å². The number of hydrogen-bond donors (Lipinski definition) is 2. The minimum atomic E-state index is -1.15. The van der Waals surface area contributed by atoms with E-state index in [1.54, 1.807) is 6.92 Å². The first-order valence-corrected chi connectivity index (χ1v) is 6.96. The fourth-order valence-electron chi connectivity index (χ4n) is 3.34. The fraction of sp³-hybridized carbons (Fsp3) is 0.438. The quantitative estimate of drug-likeness (QED) is 0.883. The van der Waals surface area contributed by atoms with E-state index in [-0.39, 0.29) is 28.5 Å². The van der Waals surface area contributed by atoms with Gasteiger partial charge in [0.1, 0.15) is 0 Å². The summed E-state index contributed by atoms with van der Waals surface area (Å²) in [5.41, 5.74) is 1.47. The summed E-state index contributed by atoms with van der Waals surface area (Å²) in [4.78, 5) is 25.0. The van der Waals surface area contributed by atoms with Crippen LogP contribution in [-0.4, -0.2) is 47.2 Å².